The van der Waals surface area contributed by atoms with Crippen LogP contribution in [0.15, 0.2) is 60.7 Å². The highest BCUT2D eigenvalue weighted by Gasteiger charge is 2.29. The largest absolute Gasteiger partial charge is 0.454 e. The SMILES string of the molecule is C=C(C)C(=O)OCC(=O)CC1c2ccccc2-c2ccccc21. The Morgan fingerprint density at radius 1 is 1.00 bits per heavy atom. The Morgan fingerprint density at radius 2 is 1.52 bits per heavy atom. The molecule has 23 heavy (non-hydrogen) atoms. The molecule has 1 aliphatic rings. The van der Waals surface area contributed by atoms with E-state index in [0.29, 0.717) is 12.0 Å². The van der Waals surface area contributed by atoms with Crippen molar-refractivity contribution in [3.05, 3.63) is 71.8 Å². The standard InChI is InChI=1S/C20H18O3/c1-13(2)20(22)23-12-14(21)11-19-17-9-5-3-7-15(17)16-8-4-6-10-18(16)19/h3-10,19H,1,11-12H2,2H3. The Hall–Kier alpha value is -2.68. The van der Waals surface area contributed by atoms with Gasteiger partial charge in [0.2, 0.25) is 0 Å². The zero-order valence-corrected chi connectivity index (χ0v) is 13.0. The molecule has 0 aliphatic heterocycles. The average molecular weight is 306 g/mol. The van der Waals surface area contributed by atoms with Crippen LogP contribution in [0.25, 0.3) is 11.1 Å². The second kappa shape index (κ2) is 6.21. The Kier molecular flexibility index (Phi) is 4.11. The monoisotopic (exact) mass is 306 g/mol. The second-order valence-electron chi connectivity index (χ2n) is 5.83. The number of carbonyl (C=O) groups excluding carboxylic acids is 2. The summed E-state index contributed by atoms with van der Waals surface area (Å²) in [5.41, 5.74) is 4.98. The summed E-state index contributed by atoms with van der Waals surface area (Å²) in [5, 5.41) is 0. The number of carbonyl (C=O) groups is 2. The highest BCUT2D eigenvalue weighted by Crippen LogP contribution is 2.46. The third-order valence-electron chi connectivity index (χ3n) is 4.11. The van der Waals surface area contributed by atoms with E-state index < -0.39 is 5.97 Å². The number of benzene rings is 2. The zero-order chi connectivity index (χ0) is 16.4. The van der Waals surface area contributed by atoms with E-state index in [0.717, 1.165) is 11.1 Å². The van der Waals surface area contributed by atoms with Crippen LogP contribution in [-0.2, 0) is 14.3 Å². The van der Waals surface area contributed by atoms with Gasteiger partial charge in [-0.25, -0.2) is 4.79 Å². The van der Waals surface area contributed by atoms with Crippen LogP contribution in [-0.4, -0.2) is 18.4 Å². The van der Waals surface area contributed by atoms with Crippen LogP contribution in [0.3, 0.4) is 0 Å². The van der Waals surface area contributed by atoms with E-state index in [9.17, 15) is 9.59 Å². The summed E-state index contributed by atoms with van der Waals surface area (Å²) in [5.74, 6) is -0.583. The lowest BCUT2D eigenvalue weighted by Gasteiger charge is -2.13. The molecule has 2 aromatic rings. The molecule has 116 valence electrons. The molecule has 0 fully saturated rings. The molecule has 0 spiro atoms. The minimum atomic E-state index is -0.523. The topological polar surface area (TPSA) is 43.4 Å². The van der Waals surface area contributed by atoms with Crippen molar-refractivity contribution >= 4 is 11.8 Å². The zero-order valence-electron chi connectivity index (χ0n) is 13.0. The summed E-state index contributed by atoms with van der Waals surface area (Å²) in [4.78, 5) is 23.6. The molecule has 3 heteroatoms. The van der Waals surface area contributed by atoms with Gasteiger partial charge in [0.05, 0.1) is 0 Å². The number of rotatable bonds is 5. The fourth-order valence-corrected chi connectivity index (χ4v) is 3.04. The summed E-state index contributed by atoms with van der Waals surface area (Å²) >= 11 is 0. The van der Waals surface area contributed by atoms with Crippen molar-refractivity contribution < 1.29 is 14.3 Å². The van der Waals surface area contributed by atoms with Crippen molar-refractivity contribution in [2.75, 3.05) is 6.61 Å². The number of ketones is 1. The van der Waals surface area contributed by atoms with Gasteiger partial charge in [0.1, 0.15) is 6.61 Å². The predicted octanol–water partition coefficient (Wildman–Crippen LogP) is 3.88. The molecule has 0 saturated heterocycles. The highest BCUT2D eigenvalue weighted by atomic mass is 16.5. The first-order valence-corrected chi connectivity index (χ1v) is 7.60. The number of ether oxygens (including phenoxy) is 1. The van der Waals surface area contributed by atoms with Crippen molar-refractivity contribution in [3.8, 4) is 11.1 Å². The van der Waals surface area contributed by atoms with Gasteiger partial charge < -0.3 is 4.74 Å². The van der Waals surface area contributed by atoms with Gasteiger partial charge in [-0.3, -0.25) is 4.79 Å². The first kappa shape index (κ1) is 15.2. The molecule has 0 N–H and O–H groups in total. The molecule has 0 radical (unpaired) electrons. The third kappa shape index (κ3) is 2.95. The number of hydrogen-bond donors (Lipinski definition) is 0. The normalized spacial score (nSPS) is 12.4. The van der Waals surface area contributed by atoms with E-state index in [1.54, 1.807) is 6.92 Å². The van der Waals surface area contributed by atoms with Crippen molar-refractivity contribution in [2.24, 2.45) is 0 Å². The number of hydrogen-bond acceptors (Lipinski definition) is 3. The molecule has 0 aromatic heterocycles. The van der Waals surface area contributed by atoms with Gasteiger partial charge in [-0.05, 0) is 29.2 Å². The lowest BCUT2D eigenvalue weighted by molar-refractivity contribution is -0.144. The van der Waals surface area contributed by atoms with Gasteiger partial charge in [0.15, 0.2) is 5.78 Å². The van der Waals surface area contributed by atoms with Gasteiger partial charge in [0.25, 0.3) is 0 Å². The number of esters is 1. The fraction of sp³-hybridized carbons (Fsp3) is 0.200. The van der Waals surface area contributed by atoms with E-state index >= 15 is 0 Å². The van der Waals surface area contributed by atoms with Crippen LogP contribution in [0.5, 0.6) is 0 Å². The minimum absolute atomic E-state index is 0.0263. The first-order valence-electron chi connectivity index (χ1n) is 7.60. The second-order valence-corrected chi connectivity index (χ2v) is 5.83. The molecule has 0 amide bonds. The van der Waals surface area contributed by atoms with Crippen LogP contribution in [0, 0.1) is 0 Å². The van der Waals surface area contributed by atoms with Crippen LogP contribution in [0.1, 0.15) is 30.4 Å². The molecule has 0 heterocycles. The Morgan fingerprint density at radius 3 is 2.04 bits per heavy atom. The predicted molar refractivity (Wildman–Crippen MR) is 89.1 cm³/mol. The average Bonchev–Trinajstić information content (AvgIpc) is 2.87. The van der Waals surface area contributed by atoms with Gasteiger partial charge in [-0.1, -0.05) is 55.1 Å². The highest BCUT2D eigenvalue weighted by molar-refractivity contribution is 5.91. The molecule has 3 nitrogen and oxygen atoms in total. The molecule has 0 unspecified atom stereocenters. The van der Waals surface area contributed by atoms with Gasteiger partial charge in [-0.15, -0.1) is 0 Å². The van der Waals surface area contributed by atoms with E-state index in [4.69, 9.17) is 4.74 Å². The number of fused-ring (bicyclic) bond motifs is 3. The van der Waals surface area contributed by atoms with Gasteiger partial charge >= 0.3 is 5.97 Å². The Balaban J connectivity index is 1.79. The Bertz CT molecular complexity index is 743. The van der Waals surface area contributed by atoms with Gasteiger partial charge in [-0.2, -0.15) is 0 Å². The Labute approximate surface area is 135 Å². The van der Waals surface area contributed by atoms with Crippen LogP contribution < -0.4 is 0 Å². The van der Waals surface area contributed by atoms with Crippen LogP contribution >= 0.6 is 0 Å². The maximum absolute atomic E-state index is 12.2. The summed E-state index contributed by atoms with van der Waals surface area (Å²) in [6.07, 6.45) is 0.331. The van der Waals surface area contributed by atoms with Gasteiger partial charge in [0, 0.05) is 17.9 Å². The molecule has 3 rings (SSSR count). The molecule has 1 aliphatic carbocycles. The summed E-state index contributed by atoms with van der Waals surface area (Å²) in [7, 11) is 0. The van der Waals surface area contributed by atoms with Crippen molar-refractivity contribution in [1.82, 2.24) is 0 Å². The summed E-state index contributed by atoms with van der Waals surface area (Å²) < 4.78 is 4.96. The van der Waals surface area contributed by atoms with Crippen molar-refractivity contribution in [1.29, 1.82) is 0 Å². The summed E-state index contributed by atoms with van der Waals surface area (Å²) in [6, 6.07) is 16.3. The molecule has 0 saturated carbocycles. The van der Waals surface area contributed by atoms with Crippen molar-refractivity contribution in [2.45, 2.75) is 19.3 Å². The molecule has 2 aromatic carbocycles. The molecule has 0 bridgehead atoms. The van der Waals surface area contributed by atoms with Crippen LogP contribution in [0.2, 0.25) is 0 Å². The van der Waals surface area contributed by atoms with E-state index in [-0.39, 0.29) is 18.3 Å². The summed E-state index contributed by atoms with van der Waals surface area (Å²) in [6.45, 7) is 4.87. The lowest BCUT2D eigenvalue weighted by Crippen LogP contribution is -2.16. The maximum Gasteiger partial charge on any atom is 0.333 e. The van der Waals surface area contributed by atoms with E-state index in [2.05, 4.69) is 30.8 Å². The maximum atomic E-state index is 12.2. The smallest absolute Gasteiger partial charge is 0.333 e. The van der Waals surface area contributed by atoms with E-state index in [1.165, 1.54) is 11.1 Å². The first-order chi connectivity index (χ1) is 11.1. The minimum Gasteiger partial charge on any atom is -0.454 e. The van der Waals surface area contributed by atoms with Crippen LogP contribution in [0.4, 0.5) is 0 Å². The lowest BCUT2D eigenvalue weighted by atomic mass is 9.92. The third-order valence-corrected chi connectivity index (χ3v) is 4.11. The quantitative estimate of drug-likeness (QED) is 0.622. The molecular weight excluding hydrogens is 288 g/mol. The number of Topliss-reactive ketones (excluding diaryl/α,β-unsaturated/α-hetero) is 1. The fourth-order valence-electron chi connectivity index (χ4n) is 3.04. The van der Waals surface area contributed by atoms with E-state index in [1.807, 2.05) is 24.3 Å². The molecule has 0 atom stereocenters. The van der Waals surface area contributed by atoms with Crippen molar-refractivity contribution in [3.63, 3.8) is 0 Å². The molecular formula is C20H18O3.